The van der Waals surface area contributed by atoms with Crippen LogP contribution in [0.15, 0.2) is 42.0 Å². The van der Waals surface area contributed by atoms with Gasteiger partial charge >= 0.3 is 0 Å². The second kappa shape index (κ2) is 8.92. The zero-order valence-corrected chi connectivity index (χ0v) is 16.7. The van der Waals surface area contributed by atoms with Crippen molar-refractivity contribution < 1.29 is 9.53 Å². The number of hydrogen-bond donors (Lipinski definition) is 1. The molecule has 5 nitrogen and oxygen atoms in total. The lowest BCUT2D eigenvalue weighted by Crippen LogP contribution is -2.36. The van der Waals surface area contributed by atoms with Crippen molar-refractivity contribution in [2.75, 3.05) is 36.5 Å². The number of carbonyl (C=O) groups excluding carboxylic acids is 1. The Labute approximate surface area is 170 Å². The first-order valence-electron chi connectivity index (χ1n) is 9.11. The number of halogens is 1. The standard InChI is InChI=1S/C22H22ClN3O2/c1-15-12-19(26-8-10-28-11-9-26)7-6-17(15)13-18(14-24)22(27)25-21-5-3-4-20(23)16(21)2/h3-7,12-13H,8-11H2,1-2H3,(H,25,27)/b18-13-. The minimum atomic E-state index is -0.454. The molecule has 0 unspecified atom stereocenters. The lowest BCUT2D eigenvalue weighted by molar-refractivity contribution is -0.112. The summed E-state index contributed by atoms with van der Waals surface area (Å²) in [4.78, 5) is 14.8. The number of morpholine rings is 1. The molecule has 0 radical (unpaired) electrons. The molecule has 1 N–H and O–H groups in total. The summed E-state index contributed by atoms with van der Waals surface area (Å²) < 4.78 is 5.39. The van der Waals surface area contributed by atoms with Crippen LogP contribution in [0.1, 0.15) is 16.7 Å². The van der Waals surface area contributed by atoms with E-state index in [1.54, 1.807) is 24.3 Å². The fourth-order valence-electron chi connectivity index (χ4n) is 3.08. The summed E-state index contributed by atoms with van der Waals surface area (Å²) in [6.45, 7) is 6.97. The maximum atomic E-state index is 12.6. The number of nitriles is 1. The van der Waals surface area contributed by atoms with Crippen molar-refractivity contribution in [2.45, 2.75) is 13.8 Å². The third-order valence-corrected chi connectivity index (χ3v) is 5.22. The van der Waals surface area contributed by atoms with Gasteiger partial charge in [0.1, 0.15) is 11.6 Å². The largest absolute Gasteiger partial charge is 0.378 e. The van der Waals surface area contributed by atoms with Gasteiger partial charge in [-0.2, -0.15) is 5.26 Å². The molecule has 0 atom stereocenters. The van der Waals surface area contributed by atoms with Gasteiger partial charge in [0.2, 0.25) is 0 Å². The Kier molecular flexibility index (Phi) is 6.35. The van der Waals surface area contributed by atoms with Gasteiger partial charge in [0.15, 0.2) is 0 Å². The molecule has 1 amide bonds. The van der Waals surface area contributed by atoms with Crippen LogP contribution in [-0.4, -0.2) is 32.2 Å². The Morgan fingerprint density at radius 1 is 1.25 bits per heavy atom. The third kappa shape index (κ3) is 4.53. The molecular weight excluding hydrogens is 374 g/mol. The van der Waals surface area contributed by atoms with Crippen LogP contribution in [0.3, 0.4) is 0 Å². The van der Waals surface area contributed by atoms with Crippen LogP contribution in [0.4, 0.5) is 11.4 Å². The van der Waals surface area contributed by atoms with E-state index in [1.807, 2.05) is 32.0 Å². The van der Waals surface area contributed by atoms with E-state index >= 15 is 0 Å². The number of anilines is 2. The van der Waals surface area contributed by atoms with Crippen LogP contribution < -0.4 is 10.2 Å². The number of nitrogens with one attached hydrogen (secondary N) is 1. The molecule has 6 heteroatoms. The molecule has 0 spiro atoms. The number of rotatable bonds is 4. The van der Waals surface area contributed by atoms with E-state index in [4.69, 9.17) is 16.3 Å². The number of hydrogen-bond acceptors (Lipinski definition) is 4. The van der Waals surface area contributed by atoms with Gasteiger partial charge < -0.3 is 15.0 Å². The predicted octanol–water partition coefficient (Wildman–Crippen LogP) is 4.34. The average Bonchev–Trinajstić information content (AvgIpc) is 2.71. The summed E-state index contributed by atoms with van der Waals surface area (Å²) >= 11 is 6.10. The van der Waals surface area contributed by atoms with E-state index in [0.29, 0.717) is 10.7 Å². The number of nitrogens with zero attached hydrogens (tertiary/aromatic N) is 2. The lowest BCUT2D eigenvalue weighted by Gasteiger charge is -2.29. The Hall–Kier alpha value is -2.81. The van der Waals surface area contributed by atoms with Gasteiger partial charge in [-0.05, 0) is 60.9 Å². The SMILES string of the molecule is Cc1cc(N2CCOCC2)ccc1/C=C(/C#N)C(=O)Nc1cccc(Cl)c1C. The van der Waals surface area contributed by atoms with E-state index in [2.05, 4.69) is 16.3 Å². The van der Waals surface area contributed by atoms with Crippen molar-refractivity contribution >= 4 is 35.0 Å². The van der Waals surface area contributed by atoms with Crippen molar-refractivity contribution in [1.82, 2.24) is 0 Å². The molecule has 1 aliphatic heterocycles. The Morgan fingerprint density at radius 2 is 2.00 bits per heavy atom. The molecule has 3 rings (SSSR count). The Morgan fingerprint density at radius 3 is 2.68 bits per heavy atom. The molecule has 0 bridgehead atoms. The van der Waals surface area contributed by atoms with E-state index in [-0.39, 0.29) is 5.57 Å². The number of aryl methyl sites for hydroxylation is 1. The predicted molar refractivity (Wildman–Crippen MR) is 113 cm³/mol. The summed E-state index contributed by atoms with van der Waals surface area (Å²) in [7, 11) is 0. The Balaban J connectivity index is 1.80. The van der Waals surface area contributed by atoms with Crippen LogP contribution in [0.5, 0.6) is 0 Å². The van der Waals surface area contributed by atoms with Gasteiger partial charge in [-0.3, -0.25) is 4.79 Å². The summed E-state index contributed by atoms with van der Waals surface area (Å²) in [5.41, 5.74) is 4.37. The highest BCUT2D eigenvalue weighted by molar-refractivity contribution is 6.31. The van der Waals surface area contributed by atoms with Crippen molar-refractivity contribution in [1.29, 1.82) is 5.26 Å². The van der Waals surface area contributed by atoms with Gasteiger partial charge in [0.05, 0.1) is 13.2 Å². The van der Waals surface area contributed by atoms with E-state index in [9.17, 15) is 10.1 Å². The first-order chi connectivity index (χ1) is 13.5. The molecule has 0 saturated carbocycles. The zero-order valence-electron chi connectivity index (χ0n) is 16.0. The number of amides is 1. The van der Waals surface area contributed by atoms with Crippen molar-refractivity contribution in [3.63, 3.8) is 0 Å². The fourth-order valence-corrected chi connectivity index (χ4v) is 3.25. The van der Waals surface area contributed by atoms with Crippen molar-refractivity contribution in [3.8, 4) is 6.07 Å². The van der Waals surface area contributed by atoms with Crippen molar-refractivity contribution in [2.24, 2.45) is 0 Å². The molecule has 1 heterocycles. The average molecular weight is 396 g/mol. The van der Waals surface area contributed by atoms with Crippen LogP contribution in [0, 0.1) is 25.2 Å². The summed E-state index contributed by atoms with van der Waals surface area (Å²) in [5, 5.41) is 12.8. The molecule has 28 heavy (non-hydrogen) atoms. The molecule has 2 aromatic carbocycles. The van der Waals surface area contributed by atoms with Crippen LogP contribution in [-0.2, 0) is 9.53 Å². The maximum Gasteiger partial charge on any atom is 0.266 e. The van der Waals surface area contributed by atoms with E-state index < -0.39 is 5.91 Å². The molecule has 2 aromatic rings. The summed E-state index contributed by atoms with van der Waals surface area (Å²) in [5.74, 6) is -0.454. The molecule has 1 saturated heterocycles. The number of carbonyl (C=O) groups is 1. The van der Waals surface area contributed by atoms with Crippen LogP contribution >= 0.6 is 11.6 Å². The second-order valence-corrected chi connectivity index (χ2v) is 7.08. The second-order valence-electron chi connectivity index (χ2n) is 6.68. The molecule has 0 aromatic heterocycles. The summed E-state index contributed by atoms with van der Waals surface area (Å²) in [6.07, 6.45) is 1.62. The first-order valence-corrected chi connectivity index (χ1v) is 9.49. The fraction of sp³-hybridized carbons (Fsp3) is 0.273. The van der Waals surface area contributed by atoms with Gasteiger partial charge in [-0.1, -0.05) is 23.7 Å². The van der Waals surface area contributed by atoms with E-state index in [1.165, 1.54) is 0 Å². The molecule has 1 aliphatic rings. The summed E-state index contributed by atoms with van der Waals surface area (Å²) in [6, 6.07) is 13.3. The molecular formula is C22H22ClN3O2. The monoisotopic (exact) mass is 395 g/mol. The van der Waals surface area contributed by atoms with Gasteiger partial charge in [0.25, 0.3) is 5.91 Å². The lowest BCUT2D eigenvalue weighted by atomic mass is 10.0. The highest BCUT2D eigenvalue weighted by Gasteiger charge is 2.14. The van der Waals surface area contributed by atoms with Crippen LogP contribution in [0.2, 0.25) is 5.02 Å². The van der Waals surface area contributed by atoms with Crippen LogP contribution in [0.25, 0.3) is 6.08 Å². The number of benzene rings is 2. The normalized spacial score (nSPS) is 14.5. The van der Waals surface area contributed by atoms with Gasteiger partial charge in [-0.15, -0.1) is 0 Å². The Bertz CT molecular complexity index is 957. The van der Waals surface area contributed by atoms with Gasteiger partial charge in [0, 0.05) is 29.5 Å². The molecule has 0 aliphatic carbocycles. The smallest absolute Gasteiger partial charge is 0.266 e. The topological polar surface area (TPSA) is 65.4 Å². The van der Waals surface area contributed by atoms with E-state index in [0.717, 1.165) is 48.7 Å². The zero-order chi connectivity index (χ0) is 20.1. The highest BCUT2D eigenvalue weighted by atomic mass is 35.5. The van der Waals surface area contributed by atoms with Crippen molar-refractivity contribution in [3.05, 3.63) is 63.7 Å². The third-order valence-electron chi connectivity index (χ3n) is 4.81. The highest BCUT2D eigenvalue weighted by Crippen LogP contribution is 2.25. The maximum absolute atomic E-state index is 12.6. The quantitative estimate of drug-likeness (QED) is 0.617. The molecule has 144 valence electrons. The first kappa shape index (κ1) is 19.9. The van der Waals surface area contributed by atoms with Gasteiger partial charge in [-0.25, -0.2) is 0 Å². The minimum Gasteiger partial charge on any atom is -0.378 e. The number of ether oxygens (including phenoxy) is 1. The molecule has 1 fully saturated rings. The minimum absolute atomic E-state index is 0.0431.